The Bertz CT molecular complexity index is 567. The summed E-state index contributed by atoms with van der Waals surface area (Å²) in [6.07, 6.45) is 0. The van der Waals surface area contributed by atoms with Crippen molar-refractivity contribution in [2.45, 2.75) is 6.54 Å². The van der Waals surface area contributed by atoms with Crippen LogP contribution in [0, 0.1) is 0 Å². The number of ether oxygens (including phenoxy) is 2. The Morgan fingerprint density at radius 2 is 1.68 bits per heavy atom. The zero-order valence-electron chi connectivity index (χ0n) is 10.9. The van der Waals surface area contributed by atoms with Crippen LogP contribution in [0.1, 0.15) is 5.56 Å². The zero-order valence-corrected chi connectivity index (χ0v) is 11.7. The van der Waals surface area contributed by atoms with E-state index in [1.54, 1.807) is 14.2 Å². The van der Waals surface area contributed by atoms with Gasteiger partial charge in [0.05, 0.1) is 14.2 Å². The number of halogens is 1. The molecule has 2 N–H and O–H groups in total. The molecule has 0 saturated carbocycles. The molecule has 0 aliphatic heterocycles. The molecule has 0 unspecified atom stereocenters. The predicted octanol–water partition coefficient (Wildman–Crippen LogP) is 3.48. The maximum absolute atomic E-state index is 6.25. The maximum atomic E-state index is 6.25. The van der Waals surface area contributed by atoms with E-state index in [1.807, 2.05) is 36.4 Å². The standard InChI is InChI=1S/C15H16ClNO2/c1-18-13-8-7-12(15(19-2)14(13)16)11-5-3-10(9-17)4-6-11/h3-8H,9,17H2,1-2H3. The van der Waals surface area contributed by atoms with E-state index in [4.69, 9.17) is 26.8 Å². The molecule has 100 valence electrons. The molecule has 0 spiro atoms. The van der Waals surface area contributed by atoms with Gasteiger partial charge in [0.2, 0.25) is 0 Å². The lowest BCUT2D eigenvalue weighted by Gasteiger charge is -2.13. The number of hydrogen-bond acceptors (Lipinski definition) is 3. The topological polar surface area (TPSA) is 44.5 Å². The van der Waals surface area contributed by atoms with Crippen LogP contribution in [0.15, 0.2) is 36.4 Å². The van der Waals surface area contributed by atoms with Gasteiger partial charge in [-0.3, -0.25) is 0 Å². The molecule has 0 aliphatic carbocycles. The molecule has 0 aromatic heterocycles. The number of benzene rings is 2. The van der Waals surface area contributed by atoms with Crippen LogP contribution < -0.4 is 15.2 Å². The highest BCUT2D eigenvalue weighted by Gasteiger charge is 2.14. The fraction of sp³-hybridized carbons (Fsp3) is 0.200. The molecule has 2 aromatic rings. The molecule has 0 saturated heterocycles. The molecule has 0 atom stereocenters. The van der Waals surface area contributed by atoms with Crippen molar-refractivity contribution in [3.63, 3.8) is 0 Å². The van der Waals surface area contributed by atoms with E-state index in [0.717, 1.165) is 16.7 Å². The van der Waals surface area contributed by atoms with Crippen LogP contribution >= 0.6 is 11.6 Å². The Morgan fingerprint density at radius 3 is 2.21 bits per heavy atom. The highest BCUT2D eigenvalue weighted by atomic mass is 35.5. The average Bonchev–Trinajstić information content (AvgIpc) is 2.47. The third-order valence-corrected chi connectivity index (χ3v) is 3.34. The summed E-state index contributed by atoms with van der Waals surface area (Å²) in [5.74, 6) is 1.21. The molecule has 0 amide bonds. The fourth-order valence-electron chi connectivity index (χ4n) is 1.94. The summed E-state index contributed by atoms with van der Waals surface area (Å²) in [6.45, 7) is 0.529. The van der Waals surface area contributed by atoms with E-state index < -0.39 is 0 Å². The Balaban J connectivity index is 2.51. The highest BCUT2D eigenvalue weighted by molar-refractivity contribution is 6.34. The molecular weight excluding hydrogens is 262 g/mol. The molecule has 0 heterocycles. The minimum atomic E-state index is 0.477. The van der Waals surface area contributed by atoms with Crippen LogP contribution in [-0.4, -0.2) is 14.2 Å². The van der Waals surface area contributed by atoms with E-state index in [-0.39, 0.29) is 0 Å². The van der Waals surface area contributed by atoms with Gasteiger partial charge in [-0.15, -0.1) is 0 Å². The van der Waals surface area contributed by atoms with Gasteiger partial charge >= 0.3 is 0 Å². The van der Waals surface area contributed by atoms with Crippen molar-refractivity contribution in [1.82, 2.24) is 0 Å². The van der Waals surface area contributed by atoms with Crippen LogP contribution in [-0.2, 0) is 6.54 Å². The highest BCUT2D eigenvalue weighted by Crippen LogP contribution is 2.41. The first-order valence-electron chi connectivity index (χ1n) is 5.91. The van der Waals surface area contributed by atoms with E-state index in [2.05, 4.69) is 0 Å². The minimum absolute atomic E-state index is 0.477. The second-order valence-electron chi connectivity index (χ2n) is 4.06. The van der Waals surface area contributed by atoms with E-state index in [1.165, 1.54) is 0 Å². The Hall–Kier alpha value is -1.71. The molecule has 0 aliphatic rings. The van der Waals surface area contributed by atoms with E-state index in [0.29, 0.717) is 23.1 Å². The fourth-order valence-corrected chi connectivity index (χ4v) is 2.26. The summed E-state index contributed by atoms with van der Waals surface area (Å²) < 4.78 is 10.6. The van der Waals surface area contributed by atoms with Crippen molar-refractivity contribution < 1.29 is 9.47 Å². The molecule has 0 bridgehead atoms. The van der Waals surface area contributed by atoms with Gasteiger partial charge in [0, 0.05) is 12.1 Å². The number of nitrogens with two attached hydrogens (primary N) is 1. The summed E-state index contributed by atoms with van der Waals surface area (Å²) in [6, 6.07) is 11.8. The van der Waals surface area contributed by atoms with Gasteiger partial charge in [0.1, 0.15) is 16.5 Å². The van der Waals surface area contributed by atoms with Crippen LogP contribution in [0.4, 0.5) is 0 Å². The molecule has 0 radical (unpaired) electrons. The van der Waals surface area contributed by atoms with Crippen LogP contribution in [0.2, 0.25) is 5.02 Å². The summed E-state index contributed by atoms with van der Waals surface area (Å²) in [4.78, 5) is 0. The summed E-state index contributed by atoms with van der Waals surface area (Å²) in [5, 5.41) is 0.477. The number of hydrogen-bond donors (Lipinski definition) is 1. The first-order chi connectivity index (χ1) is 9.21. The van der Waals surface area contributed by atoms with E-state index in [9.17, 15) is 0 Å². The first kappa shape index (κ1) is 13.7. The normalized spacial score (nSPS) is 10.3. The molecule has 3 nitrogen and oxygen atoms in total. The third-order valence-electron chi connectivity index (χ3n) is 2.99. The van der Waals surface area contributed by atoms with Crippen molar-refractivity contribution in [1.29, 1.82) is 0 Å². The second-order valence-corrected chi connectivity index (χ2v) is 4.44. The molecule has 2 aromatic carbocycles. The molecule has 0 fully saturated rings. The Kier molecular flexibility index (Phi) is 4.30. The smallest absolute Gasteiger partial charge is 0.149 e. The molecule has 19 heavy (non-hydrogen) atoms. The lowest BCUT2D eigenvalue weighted by atomic mass is 10.0. The van der Waals surface area contributed by atoms with Crippen molar-refractivity contribution >= 4 is 11.6 Å². The van der Waals surface area contributed by atoms with Gasteiger partial charge in [0.25, 0.3) is 0 Å². The summed E-state index contributed by atoms with van der Waals surface area (Å²) in [5.41, 5.74) is 8.63. The van der Waals surface area contributed by atoms with Gasteiger partial charge in [0.15, 0.2) is 0 Å². The SMILES string of the molecule is COc1ccc(-c2ccc(CN)cc2)c(OC)c1Cl. The first-order valence-corrected chi connectivity index (χ1v) is 6.29. The Morgan fingerprint density at radius 1 is 1.00 bits per heavy atom. The predicted molar refractivity (Wildman–Crippen MR) is 77.9 cm³/mol. The second kappa shape index (κ2) is 5.95. The molecular formula is C15H16ClNO2. The largest absolute Gasteiger partial charge is 0.495 e. The average molecular weight is 278 g/mol. The molecule has 4 heteroatoms. The lowest BCUT2D eigenvalue weighted by molar-refractivity contribution is 0.396. The summed E-state index contributed by atoms with van der Waals surface area (Å²) in [7, 11) is 3.18. The van der Waals surface area contributed by atoms with Gasteiger partial charge < -0.3 is 15.2 Å². The maximum Gasteiger partial charge on any atom is 0.149 e. The van der Waals surface area contributed by atoms with Crippen molar-refractivity contribution in [3.8, 4) is 22.6 Å². The number of methoxy groups -OCH3 is 2. The quantitative estimate of drug-likeness (QED) is 0.930. The summed E-state index contributed by atoms with van der Waals surface area (Å²) >= 11 is 6.25. The monoisotopic (exact) mass is 277 g/mol. The van der Waals surface area contributed by atoms with Gasteiger partial charge in [-0.2, -0.15) is 0 Å². The molecule has 2 rings (SSSR count). The van der Waals surface area contributed by atoms with Crippen LogP contribution in [0.3, 0.4) is 0 Å². The van der Waals surface area contributed by atoms with Gasteiger partial charge in [-0.25, -0.2) is 0 Å². The van der Waals surface area contributed by atoms with Crippen LogP contribution in [0.5, 0.6) is 11.5 Å². The zero-order chi connectivity index (χ0) is 13.8. The van der Waals surface area contributed by atoms with Crippen molar-refractivity contribution in [2.24, 2.45) is 5.73 Å². The number of rotatable bonds is 4. The minimum Gasteiger partial charge on any atom is -0.495 e. The van der Waals surface area contributed by atoms with Gasteiger partial charge in [-0.05, 0) is 23.3 Å². The third kappa shape index (κ3) is 2.67. The van der Waals surface area contributed by atoms with Crippen LogP contribution in [0.25, 0.3) is 11.1 Å². The van der Waals surface area contributed by atoms with Gasteiger partial charge in [-0.1, -0.05) is 35.9 Å². The van der Waals surface area contributed by atoms with E-state index >= 15 is 0 Å². The Labute approximate surface area is 117 Å². The lowest BCUT2D eigenvalue weighted by Crippen LogP contribution is -1.96. The van der Waals surface area contributed by atoms with Crippen molar-refractivity contribution in [3.05, 3.63) is 47.0 Å². The van der Waals surface area contributed by atoms with Crippen molar-refractivity contribution in [2.75, 3.05) is 14.2 Å².